The molecule has 0 spiro atoms. The van der Waals surface area contributed by atoms with E-state index < -0.39 is 0 Å². The second kappa shape index (κ2) is 8.73. The molecular formula is C21H27FN6O. The molecule has 0 N–H and O–H groups in total. The van der Waals surface area contributed by atoms with Crippen molar-refractivity contribution in [3.8, 4) is 0 Å². The fourth-order valence-electron chi connectivity index (χ4n) is 3.92. The first-order chi connectivity index (χ1) is 14.1. The minimum absolute atomic E-state index is 0.148. The highest BCUT2D eigenvalue weighted by atomic mass is 19.1. The van der Waals surface area contributed by atoms with Crippen LogP contribution in [-0.4, -0.2) is 51.3 Å². The molecule has 1 saturated heterocycles. The first kappa shape index (κ1) is 19.6. The van der Waals surface area contributed by atoms with E-state index in [1.54, 1.807) is 6.26 Å². The van der Waals surface area contributed by atoms with Gasteiger partial charge in [0.25, 0.3) is 0 Å². The first-order valence-electron chi connectivity index (χ1n) is 10.1. The lowest BCUT2D eigenvalue weighted by Gasteiger charge is -2.40. The highest BCUT2D eigenvalue weighted by Crippen LogP contribution is 2.28. The maximum Gasteiger partial charge on any atom is 0.168 e. The SMILES string of the molecule is CC(C)C[C@H](c1nnnn1Cc1ccco1)N1CCN(c2ccc(F)cc2)CC1. The smallest absolute Gasteiger partial charge is 0.168 e. The number of tetrazole rings is 1. The number of furan rings is 1. The van der Waals surface area contributed by atoms with Gasteiger partial charge < -0.3 is 9.32 Å². The molecule has 0 aliphatic carbocycles. The van der Waals surface area contributed by atoms with Gasteiger partial charge in [-0.15, -0.1) is 5.10 Å². The van der Waals surface area contributed by atoms with E-state index in [1.807, 2.05) is 28.9 Å². The molecule has 7 nitrogen and oxygen atoms in total. The molecule has 0 unspecified atom stereocenters. The lowest BCUT2D eigenvalue weighted by Crippen LogP contribution is -2.48. The first-order valence-corrected chi connectivity index (χ1v) is 10.1. The molecule has 0 bridgehead atoms. The summed E-state index contributed by atoms with van der Waals surface area (Å²) >= 11 is 0. The molecule has 4 rings (SSSR count). The quantitative estimate of drug-likeness (QED) is 0.608. The van der Waals surface area contributed by atoms with Crippen molar-refractivity contribution in [2.24, 2.45) is 5.92 Å². The molecule has 8 heteroatoms. The molecule has 1 aliphatic rings. The second-order valence-corrected chi connectivity index (χ2v) is 7.92. The zero-order valence-electron chi connectivity index (χ0n) is 16.9. The molecule has 2 aromatic heterocycles. The average Bonchev–Trinajstić information content (AvgIpc) is 3.39. The van der Waals surface area contributed by atoms with Crippen molar-refractivity contribution >= 4 is 5.69 Å². The average molecular weight is 398 g/mol. The van der Waals surface area contributed by atoms with E-state index in [9.17, 15) is 4.39 Å². The molecule has 1 aromatic carbocycles. The van der Waals surface area contributed by atoms with Crippen LogP contribution in [0.1, 0.15) is 37.9 Å². The molecule has 1 atom stereocenters. The summed E-state index contributed by atoms with van der Waals surface area (Å²) < 4.78 is 20.5. The van der Waals surface area contributed by atoms with Crippen molar-refractivity contribution < 1.29 is 8.81 Å². The van der Waals surface area contributed by atoms with Crippen molar-refractivity contribution in [1.29, 1.82) is 0 Å². The van der Waals surface area contributed by atoms with E-state index in [2.05, 4.69) is 39.2 Å². The Morgan fingerprint density at radius 1 is 1.07 bits per heavy atom. The molecule has 3 heterocycles. The summed E-state index contributed by atoms with van der Waals surface area (Å²) in [6.45, 7) is 8.56. The van der Waals surface area contributed by atoms with Crippen LogP contribution in [-0.2, 0) is 6.54 Å². The maximum atomic E-state index is 13.2. The number of anilines is 1. The number of aromatic nitrogens is 4. The van der Waals surface area contributed by atoms with E-state index in [0.29, 0.717) is 12.5 Å². The lowest BCUT2D eigenvalue weighted by atomic mass is 10.0. The van der Waals surface area contributed by atoms with Crippen LogP contribution in [0.25, 0.3) is 0 Å². The number of halogens is 1. The van der Waals surface area contributed by atoms with Crippen molar-refractivity contribution in [2.75, 3.05) is 31.1 Å². The predicted molar refractivity (Wildman–Crippen MR) is 108 cm³/mol. The van der Waals surface area contributed by atoms with E-state index in [1.165, 1.54) is 12.1 Å². The number of benzene rings is 1. The summed E-state index contributed by atoms with van der Waals surface area (Å²) in [4.78, 5) is 4.76. The molecule has 1 aliphatic heterocycles. The van der Waals surface area contributed by atoms with E-state index in [4.69, 9.17) is 4.42 Å². The summed E-state index contributed by atoms with van der Waals surface area (Å²) in [7, 11) is 0. The largest absolute Gasteiger partial charge is 0.467 e. The monoisotopic (exact) mass is 398 g/mol. The Morgan fingerprint density at radius 3 is 2.48 bits per heavy atom. The Hall–Kier alpha value is -2.74. The molecule has 0 radical (unpaired) electrons. The molecule has 29 heavy (non-hydrogen) atoms. The van der Waals surface area contributed by atoms with Crippen LogP contribution in [0, 0.1) is 11.7 Å². The normalized spacial score (nSPS) is 16.5. The van der Waals surface area contributed by atoms with Crippen molar-refractivity contribution in [3.05, 3.63) is 60.1 Å². The van der Waals surface area contributed by atoms with E-state index in [-0.39, 0.29) is 11.9 Å². The van der Waals surface area contributed by atoms with E-state index in [0.717, 1.165) is 49.9 Å². The Balaban J connectivity index is 1.48. The van der Waals surface area contributed by atoms with Crippen LogP contribution < -0.4 is 4.90 Å². The number of rotatable bonds is 7. The molecule has 0 saturated carbocycles. The predicted octanol–water partition coefficient (Wildman–Crippen LogP) is 3.36. The lowest BCUT2D eigenvalue weighted by molar-refractivity contribution is 0.153. The highest BCUT2D eigenvalue weighted by molar-refractivity contribution is 5.46. The Labute approximate surface area is 170 Å². The molecule has 3 aromatic rings. The van der Waals surface area contributed by atoms with Crippen LogP contribution >= 0.6 is 0 Å². The van der Waals surface area contributed by atoms with Gasteiger partial charge in [-0.3, -0.25) is 4.90 Å². The number of hydrogen-bond donors (Lipinski definition) is 0. The summed E-state index contributed by atoms with van der Waals surface area (Å²) in [5.74, 6) is 2.03. The van der Waals surface area contributed by atoms with Crippen LogP contribution in [0.3, 0.4) is 0 Å². The Bertz CT molecular complexity index is 884. The van der Waals surface area contributed by atoms with Gasteiger partial charge in [0, 0.05) is 31.9 Å². The maximum absolute atomic E-state index is 13.2. The van der Waals surface area contributed by atoms with Crippen LogP contribution in [0.5, 0.6) is 0 Å². The Kier molecular flexibility index (Phi) is 5.89. The second-order valence-electron chi connectivity index (χ2n) is 7.92. The summed E-state index contributed by atoms with van der Waals surface area (Å²) in [5, 5.41) is 12.5. The van der Waals surface area contributed by atoms with Gasteiger partial charge in [0.15, 0.2) is 5.82 Å². The zero-order valence-corrected chi connectivity index (χ0v) is 16.9. The highest BCUT2D eigenvalue weighted by Gasteiger charge is 2.30. The minimum atomic E-state index is -0.201. The van der Waals surface area contributed by atoms with Crippen LogP contribution in [0.2, 0.25) is 0 Å². The molecule has 0 amide bonds. The number of piperazine rings is 1. The Morgan fingerprint density at radius 2 is 1.83 bits per heavy atom. The van der Waals surface area contributed by atoms with Crippen LogP contribution in [0.4, 0.5) is 10.1 Å². The summed E-state index contributed by atoms with van der Waals surface area (Å²) in [6.07, 6.45) is 2.65. The minimum Gasteiger partial charge on any atom is -0.467 e. The summed E-state index contributed by atoms with van der Waals surface area (Å²) in [6, 6.07) is 10.7. The van der Waals surface area contributed by atoms with Gasteiger partial charge in [-0.25, -0.2) is 9.07 Å². The van der Waals surface area contributed by atoms with Gasteiger partial charge in [-0.2, -0.15) is 0 Å². The van der Waals surface area contributed by atoms with Crippen molar-refractivity contribution in [2.45, 2.75) is 32.9 Å². The van der Waals surface area contributed by atoms with Crippen molar-refractivity contribution in [3.63, 3.8) is 0 Å². The van der Waals surface area contributed by atoms with Gasteiger partial charge in [-0.05, 0) is 59.2 Å². The van der Waals surface area contributed by atoms with Gasteiger partial charge >= 0.3 is 0 Å². The fraction of sp³-hybridized carbons (Fsp3) is 0.476. The zero-order chi connectivity index (χ0) is 20.2. The molecular weight excluding hydrogens is 371 g/mol. The van der Waals surface area contributed by atoms with Gasteiger partial charge in [-0.1, -0.05) is 13.8 Å². The van der Waals surface area contributed by atoms with E-state index >= 15 is 0 Å². The third kappa shape index (κ3) is 4.64. The molecule has 154 valence electrons. The van der Waals surface area contributed by atoms with Crippen molar-refractivity contribution in [1.82, 2.24) is 25.1 Å². The summed E-state index contributed by atoms with van der Waals surface area (Å²) in [5.41, 5.74) is 1.06. The third-order valence-corrected chi connectivity index (χ3v) is 5.38. The van der Waals surface area contributed by atoms with Gasteiger partial charge in [0.1, 0.15) is 18.1 Å². The third-order valence-electron chi connectivity index (χ3n) is 5.38. The van der Waals surface area contributed by atoms with Crippen LogP contribution in [0.15, 0.2) is 47.1 Å². The van der Waals surface area contributed by atoms with Gasteiger partial charge in [0.2, 0.25) is 0 Å². The molecule has 1 fully saturated rings. The standard InChI is InChI=1S/C21H27FN6O/c1-16(2)14-20(21-23-24-25-28(21)15-19-4-3-13-29-19)27-11-9-26(10-12-27)18-7-5-17(22)6-8-18/h3-8,13,16,20H,9-12,14-15H2,1-2H3/t20-/m1/s1. The van der Waals surface area contributed by atoms with Gasteiger partial charge in [0.05, 0.1) is 12.3 Å². The number of hydrogen-bond acceptors (Lipinski definition) is 6. The topological polar surface area (TPSA) is 63.2 Å². The number of nitrogens with zero attached hydrogens (tertiary/aromatic N) is 6. The fourth-order valence-corrected chi connectivity index (χ4v) is 3.92.